The largest absolute Gasteiger partial charge is 0.468 e. The fourth-order valence-electron chi connectivity index (χ4n) is 3.10. The number of carbonyl (C=O) groups excluding carboxylic acids is 2. The maximum Gasteiger partial charge on any atom is 0.323 e. The summed E-state index contributed by atoms with van der Waals surface area (Å²) < 4.78 is 9.83. The summed E-state index contributed by atoms with van der Waals surface area (Å²) in [6, 6.07) is 0. The molecule has 0 aromatic carbocycles. The fraction of sp³-hybridized carbons (Fsp3) is 0.579. The smallest absolute Gasteiger partial charge is 0.323 e. The van der Waals surface area contributed by atoms with Gasteiger partial charge in [0.2, 0.25) is 0 Å². The van der Waals surface area contributed by atoms with Crippen LogP contribution in [-0.2, 0) is 19.1 Å². The number of methoxy groups -OCH3 is 2. The van der Waals surface area contributed by atoms with Crippen molar-refractivity contribution in [3.05, 3.63) is 11.1 Å². The minimum absolute atomic E-state index is 0.246. The molecular formula is C19H24O4. The third-order valence-electron chi connectivity index (χ3n) is 4.35. The van der Waals surface area contributed by atoms with Gasteiger partial charge in [0.25, 0.3) is 0 Å². The van der Waals surface area contributed by atoms with Crippen molar-refractivity contribution in [2.75, 3.05) is 14.2 Å². The number of carbonyl (C=O) groups is 2. The number of unbranched alkanes of at least 4 members (excludes halogenated alkanes) is 1. The summed E-state index contributed by atoms with van der Waals surface area (Å²) in [6.45, 7) is 0. The molecule has 0 aromatic heterocycles. The van der Waals surface area contributed by atoms with Crippen LogP contribution in [0.1, 0.15) is 51.4 Å². The van der Waals surface area contributed by atoms with E-state index in [0.717, 1.165) is 36.8 Å². The molecule has 0 aliphatic heterocycles. The molecule has 0 unspecified atom stereocenters. The van der Waals surface area contributed by atoms with Crippen molar-refractivity contribution in [2.45, 2.75) is 51.4 Å². The normalized spacial score (nSPS) is 14.6. The molecule has 1 rings (SSSR count). The number of rotatable bonds is 7. The van der Waals surface area contributed by atoms with Crippen LogP contribution in [0.4, 0.5) is 0 Å². The molecule has 0 radical (unpaired) electrons. The van der Waals surface area contributed by atoms with E-state index in [9.17, 15) is 9.59 Å². The fourth-order valence-corrected chi connectivity index (χ4v) is 3.10. The van der Waals surface area contributed by atoms with Crippen molar-refractivity contribution in [3.8, 4) is 24.7 Å². The maximum atomic E-state index is 12.4. The molecule has 0 atom stereocenters. The number of esters is 2. The van der Waals surface area contributed by atoms with Gasteiger partial charge in [0.15, 0.2) is 5.41 Å². The van der Waals surface area contributed by atoms with E-state index in [0.29, 0.717) is 12.8 Å². The highest BCUT2D eigenvalue weighted by Crippen LogP contribution is 2.39. The minimum atomic E-state index is -1.37. The van der Waals surface area contributed by atoms with Crippen molar-refractivity contribution < 1.29 is 19.1 Å². The van der Waals surface area contributed by atoms with Gasteiger partial charge in [-0.05, 0) is 44.9 Å². The van der Waals surface area contributed by atoms with Crippen LogP contribution in [0.15, 0.2) is 11.1 Å². The van der Waals surface area contributed by atoms with E-state index in [4.69, 9.17) is 22.3 Å². The molecule has 1 aliphatic rings. The highest BCUT2D eigenvalue weighted by molar-refractivity contribution is 6.00. The average molecular weight is 316 g/mol. The van der Waals surface area contributed by atoms with E-state index in [1.807, 2.05) is 0 Å². The molecule has 0 heterocycles. The molecule has 0 N–H and O–H groups in total. The first kappa shape index (κ1) is 18.8. The second-order valence-corrected chi connectivity index (χ2v) is 5.73. The summed E-state index contributed by atoms with van der Waals surface area (Å²) in [5, 5.41) is 0. The van der Waals surface area contributed by atoms with E-state index in [-0.39, 0.29) is 12.8 Å². The molecule has 124 valence electrons. The Morgan fingerprint density at radius 1 is 1.13 bits per heavy atom. The summed E-state index contributed by atoms with van der Waals surface area (Å²) >= 11 is 0. The SMILES string of the molecule is C#CCCCC(CC1=C(C#C)CCCC1)(C(=O)OC)C(=O)OC. The van der Waals surface area contributed by atoms with Gasteiger partial charge in [-0.1, -0.05) is 11.5 Å². The molecule has 0 amide bonds. The molecule has 0 spiro atoms. The molecule has 23 heavy (non-hydrogen) atoms. The number of ether oxygens (including phenoxy) is 2. The number of terminal acetylenes is 2. The zero-order valence-corrected chi connectivity index (χ0v) is 13.9. The topological polar surface area (TPSA) is 52.6 Å². The standard InChI is InChI=1S/C19H24O4/c1-5-7-10-13-19(17(20)22-3,18(21)23-4)14-16-12-9-8-11-15(16)6-2/h1-2H,7-14H2,3-4H3. The Bertz CT molecular complexity index is 541. The molecule has 0 bridgehead atoms. The predicted molar refractivity (Wildman–Crippen MR) is 88.1 cm³/mol. The van der Waals surface area contributed by atoms with Crippen LogP contribution < -0.4 is 0 Å². The van der Waals surface area contributed by atoms with Gasteiger partial charge in [0.05, 0.1) is 14.2 Å². The zero-order valence-electron chi connectivity index (χ0n) is 13.9. The Balaban J connectivity index is 3.22. The van der Waals surface area contributed by atoms with E-state index in [1.165, 1.54) is 14.2 Å². The highest BCUT2D eigenvalue weighted by Gasteiger charge is 2.48. The van der Waals surface area contributed by atoms with Crippen LogP contribution in [0.3, 0.4) is 0 Å². The van der Waals surface area contributed by atoms with Crippen molar-refractivity contribution in [1.82, 2.24) is 0 Å². The van der Waals surface area contributed by atoms with Gasteiger partial charge < -0.3 is 9.47 Å². The van der Waals surface area contributed by atoms with Gasteiger partial charge in [-0.25, -0.2) is 0 Å². The number of hydrogen-bond acceptors (Lipinski definition) is 4. The first-order valence-corrected chi connectivity index (χ1v) is 7.83. The van der Waals surface area contributed by atoms with Gasteiger partial charge >= 0.3 is 11.9 Å². The van der Waals surface area contributed by atoms with Gasteiger partial charge in [-0.15, -0.1) is 18.8 Å². The Morgan fingerprint density at radius 2 is 1.74 bits per heavy atom. The Kier molecular flexibility index (Phi) is 7.42. The highest BCUT2D eigenvalue weighted by atomic mass is 16.5. The Hall–Kier alpha value is -2.20. The monoisotopic (exact) mass is 316 g/mol. The lowest BCUT2D eigenvalue weighted by Crippen LogP contribution is -2.42. The summed E-state index contributed by atoms with van der Waals surface area (Å²) in [5.74, 6) is 4.06. The van der Waals surface area contributed by atoms with Crippen LogP contribution in [-0.4, -0.2) is 26.2 Å². The lowest BCUT2D eigenvalue weighted by Gasteiger charge is -2.30. The van der Waals surface area contributed by atoms with Gasteiger partial charge in [-0.3, -0.25) is 9.59 Å². The van der Waals surface area contributed by atoms with Crippen molar-refractivity contribution >= 4 is 11.9 Å². The van der Waals surface area contributed by atoms with Gasteiger partial charge in [-0.2, -0.15) is 0 Å². The molecule has 0 saturated heterocycles. The molecule has 4 heteroatoms. The second kappa shape index (κ2) is 9.06. The molecule has 0 saturated carbocycles. The molecule has 0 fully saturated rings. The lowest BCUT2D eigenvalue weighted by atomic mass is 9.74. The summed E-state index contributed by atoms with van der Waals surface area (Å²) in [7, 11) is 2.55. The summed E-state index contributed by atoms with van der Waals surface area (Å²) in [5.41, 5.74) is 0.510. The van der Waals surface area contributed by atoms with E-state index < -0.39 is 17.4 Å². The van der Waals surface area contributed by atoms with E-state index in [1.54, 1.807) is 0 Å². The van der Waals surface area contributed by atoms with Crippen LogP contribution in [0.25, 0.3) is 0 Å². The minimum Gasteiger partial charge on any atom is -0.468 e. The third-order valence-corrected chi connectivity index (χ3v) is 4.35. The first-order chi connectivity index (χ1) is 11.1. The summed E-state index contributed by atoms with van der Waals surface area (Å²) in [4.78, 5) is 24.9. The molecular weight excluding hydrogens is 292 g/mol. The van der Waals surface area contributed by atoms with E-state index in [2.05, 4.69) is 11.8 Å². The molecule has 0 aromatic rings. The number of allylic oxidation sites excluding steroid dienone is 2. The summed E-state index contributed by atoms with van der Waals surface area (Å²) in [6.07, 6.45) is 16.1. The molecule has 4 nitrogen and oxygen atoms in total. The van der Waals surface area contributed by atoms with Crippen molar-refractivity contribution in [1.29, 1.82) is 0 Å². The maximum absolute atomic E-state index is 12.4. The average Bonchev–Trinajstić information content (AvgIpc) is 2.59. The van der Waals surface area contributed by atoms with Gasteiger partial charge in [0.1, 0.15) is 0 Å². The predicted octanol–water partition coefficient (Wildman–Crippen LogP) is 3.02. The number of hydrogen-bond donors (Lipinski definition) is 0. The lowest BCUT2D eigenvalue weighted by molar-refractivity contribution is -0.169. The van der Waals surface area contributed by atoms with Crippen LogP contribution in [0, 0.1) is 30.1 Å². The molecule has 1 aliphatic carbocycles. The van der Waals surface area contributed by atoms with Crippen LogP contribution in [0.5, 0.6) is 0 Å². The van der Waals surface area contributed by atoms with Crippen LogP contribution in [0.2, 0.25) is 0 Å². The van der Waals surface area contributed by atoms with Crippen molar-refractivity contribution in [2.24, 2.45) is 5.41 Å². The van der Waals surface area contributed by atoms with Crippen molar-refractivity contribution in [3.63, 3.8) is 0 Å². The third kappa shape index (κ3) is 4.39. The zero-order chi connectivity index (χ0) is 17.3. The quantitative estimate of drug-likeness (QED) is 0.313. The van der Waals surface area contributed by atoms with Gasteiger partial charge in [0, 0.05) is 12.0 Å². The Labute approximate surface area is 138 Å². The Morgan fingerprint density at radius 3 is 2.26 bits per heavy atom. The van der Waals surface area contributed by atoms with Crippen LogP contribution >= 0.6 is 0 Å². The first-order valence-electron chi connectivity index (χ1n) is 7.83. The van der Waals surface area contributed by atoms with E-state index >= 15 is 0 Å². The second-order valence-electron chi connectivity index (χ2n) is 5.73.